The number of benzene rings is 2. The highest BCUT2D eigenvalue weighted by atomic mass is 79.9. The normalized spacial score (nSPS) is 11.5. The first-order valence-corrected chi connectivity index (χ1v) is 7.43. The van der Waals surface area contributed by atoms with Gasteiger partial charge in [-0.05, 0) is 33.6 Å². The maximum absolute atomic E-state index is 8.86. The first-order valence-electron chi connectivity index (χ1n) is 5.65. The highest BCUT2D eigenvalue weighted by molar-refractivity contribution is 9.10. The van der Waals surface area contributed by atoms with E-state index in [0.717, 1.165) is 20.7 Å². The highest BCUT2D eigenvalue weighted by Gasteiger charge is 2.11. The van der Waals surface area contributed by atoms with E-state index < -0.39 is 0 Å². The summed E-state index contributed by atoms with van der Waals surface area (Å²) >= 11 is 5.09. The van der Waals surface area contributed by atoms with Crippen molar-refractivity contribution in [1.29, 1.82) is 0 Å². The van der Waals surface area contributed by atoms with Crippen LogP contribution in [0, 0.1) is 0 Å². The van der Waals surface area contributed by atoms with Crippen LogP contribution in [-0.2, 0) is 5.75 Å². The van der Waals surface area contributed by atoms with Crippen LogP contribution in [0.1, 0.15) is 11.1 Å². The summed E-state index contributed by atoms with van der Waals surface area (Å²) in [6, 6.07) is 16.0. The van der Waals surface area contributed by atoms with Gasteiger partial charge in [-0.25, -0.2) is 0 Å². The van der Waals surface area contributed by atoms with E-state index in [-0.39, 0.29) is 5.84 Å². The highest BCUT2D eigenvalue weighted by Crippen LogP contribution is 2.30. The predicted octanol–water partition coefficient (Wildman–Crippen LogP) is 3.84. The van der Waals surface area contributed by atoms with Gasteiger partial charge in [-0.3, -0.25) is 0 Å². The van der Waals surface area contributed by atoms with Gasteiger partial charge in [0.15, 0.2) is 5.84 Å². The Kier molecular flexibility index (Phi) is 4.87. The van der Waals surface area contributed by atoms with Gasteiger partial charge in [-0.15, -0.1) is 11.8 Å². The topological polar surface area (TPSA) is 58.6 Å². The van der Waals surface area contributed by atoms with E-state index in [1.807, 2.05) is 36.4 Å². The maximum atomic E-state index is 8.86. The van der Waals surface area contributed by atoms with Crippen LogP contribution in [0.5, 0.6) is 0 Å². The van der Waals surface area contributed by atoms with Crippen molar-refractivity contribution in [2.45, 2.75) is 10.6 Å². The van der Waals surface area contributed by atoms with Crippen LogP contribution in [0.15, 0.2) is 63.1 Å². The summed E-state index contributed by atoms with van der Waals surface area (Å²) in [5.74, 6) is 0.950. The van der Waals surface area contributed by atoms with Crippen LogP contribution in [0.4, 0.5) is 0 Å². The number of hydrogen-bond donors (Lipinski definition) is 2. The van der Waals surface area contributed by atoms with E-state index in [9.17, 15) is 0 Å². The molecule has 0 saturated carbocycles. The van der Waals surface area contributed by atoms with Crippen LogP contribution in [-0.4, -0.2) is 11.0 Å². The van der Waals surface area contributed by atoms with E-state index in [4.69, 9.17) is 10.9 Å². The molecule has 2 aromatic rings. The lowest BCUT2D eigenvalue weighted by molar-refractivity contribution is 0.318. The summed E-state index contributed by atoms with van der Waals surface area (Å²) in [4.78, 5) is 0.980. The number of hydrogen-bond acceptors (Lipinski definition) is 3. The number of nitrogens with zero attached hydrogens (tertiary/aromatic N) is 1. The number of rotatable bonds is 4. The van der Waals surface area contributed by atoms with E-state index in [0.29, 0.717) is 0 Å². The van der Waals surface area contributed by atoms with E-state index in [2.05, 4.69) is 33.2 Å². The van der Waals surface area contributed by atoms with Crippen molar-refractivity contribution in [1.82, 2.24) is 0 Å². The van der Waals surface area contributed by atoms with Crippen LogP contribution >= 0.6 is 27.7 Å². The molecule has 5 heteroatoms. The lowest BCUT2D eigenvalue weighted by atomic mass is 10.2. The summed E-state index contributed by atoms with van der Waals surface area (Å²) in [6.07, 6.45) is 0. The molecular formula is C14H13BrN2OS. The third kappa shape index (κ3) is 3.52. The molecule has 0 spiro atoms. The smallest absolute Gasteiger partial charge is 0.172 e. The second-order valence-electron chi connectivity index (χ2n) is 3.87. The zero-order chi connectivity index (χ0) is 13.7. The minimum absolute atomic E-state index is 0.114. The molecule has 0 aliphatic heterocycles. The van der Waals surface area contributed by atoms with Crippen LogP contribution in [0.3, 0.4) is 0 Å². The Labute approximate surface area is 124 Å². The average molecular weight is 337 g/mol. The molecule has 2 aromatic carbocycles. The van der Waals surface area contributed by atoms with Crippen molar-refractivity contribution in [3.8, 4) is 0 Å². The SMILES string of the molecule is N/C(=N/O)c1c(Br)cccc1SCc1ccccc1. The van der Waals surface area contributed by atoms with E-state index >= 15 is 0 Å². The summed E-state index contributed by atoms with van der Waals surface area (Å²) < 4.78 is 0.820. The van der Waals surface area contributed by atoms with E-state index in [1.165, 1.54) is 5.56 Å². The Bertz CT molecular complexity index is 587. The number of halogens is 1. The zero-order valence-corrected chi connectivity index (χ0v) is 12.5. The molecule has 2 rings (SSSR count). The monoisotopic (exact) mass is 336 g/mol. The van der Waals surface area contributed by atoms with Crippen LogP contribution in [0.25, 0.3) is 0 Å². The Morgan fingerprint density at radius 1 is 1.16 bits per heavy atom. The first-order chi connectivity index (χ1) is 9.22. The average Bonchev–Trinajstić information content (AvgIpc) is 2.45. The second kappa shape index (κ2) is 6.63. The Morgan fingerprint density at radius 3 is 2.58 bits per heavy atom. The molecule has 0 saturated heterocycles. The van der Waals surface area contributed by atoms with Gasteiger partial charge in [0.05, 0.1) is 0 Å². The quantitative estimate of drug-likeness (QED) is 0.293. The Balaban J connectivity index is 2.23. The molecule has 3 N–H and O–H groups in total. The fraction of sp³-hybridized carbons (Fsp3) is 0.0714. The molecule has 0 atom stereocenters. The molecule has 3 nitrogen and oxygen atoms in total. The van der Waals surface area contributed by atoms with Crippen LogP contribution < -0.4 is 5.73 Å². The molecule has 0 amide bonds. The van der Waals surface area contributed by atoms with Crippen molar-refractivity contribution >= 4 is 33.5 Å². The molecular weight excluding hydrogens is 324 g/mol. The fourth-order valence-electron chi connectivity index (χ4n) is 1.66. The second-order valence-corrected chi connectivity index (χ2v) is 5.74. The number of thioether (sulfide) groups is 1. The van der Waals surface area contributed by atoms with Gasteiger partial charge in [0.1, 0.15) is 0 Å². The lowest BCUT2D eigenvalue weighted by Gasteiger charge is -2.10. The Morgan fingerprint density at radius 2 is 1.89 bits per heavy atom. The van der Waals surface area contributed by atoms with Crippen molar-refractivity contribution in [2.75, 3.05) is 0 Å². The molecule has 0 unspecified atom stereocenters. The fourth-order valence-corrected chi connectivity index (χ4v) is 3.41. The summed E-state index contributed by atoms with van der Waals surface area (Å²) in [5, 5.41) is 11.9. The van der Waals surface area contributed by atoms with Gasteiger partial charge in [0.25, 0.3) is 0 Å². The van der Waals surface area contributed by atoms with Gasteiger partial charge in [-0.2, -0.15) is 0 Å². The largest absolute Gasteiger partial charge is 0.409 e. The van der Waals surface area contributed by atoms with Crippen molar-refractivity contribution in [3.05, 3.63) is 64.1 Å². The van der Waals surface area contributed by atoms with Crippen molar-refractivity contribution < 1.29 is 5.21 Å². The summed E-state index contributed by atoms with van der Waals surface area (Å²) in [7, 11) is 0. The molecule has 0 aliphatic rings. The molecule has 0 aromatic heterocycles. The standard InChI is InChI=1S/C14H13BrN2OS/c15-11-7-4-8-12(13(11)14(16)17-18)19-9-10-5-2-1-3-6-10/h1-8,18H,9H2,(H2,16,17). The number of amidine groups is 1. The van der Waals surface area contributed by atoms with Gasteiger partial charge in [0.2, 0.25) is 0 Å². The van der Waals surface area contributed by atoms with Gasteiger partial charge in [-0.1, -0.05) is 41.6 Å². The molecule has 0 heterocycles. The van der Waals surface area contributed by atoms with Gasteiger partial charge < -0.3 is 10.9 Å². The van der Waals surface area contributed by atoms with Crippen molar-refractivity contribution in [2.24, 2.45) is 10.9 Å². The first kappa shape index (κ1) is 14.0. The molecule has 98 valence electrons. The number of oxime groups is 1. The predicted molar refractivity (Wildman–Crippen MR) is 82.7 cm³/mol. The zero-order valence-electron chi connectivity index (χ0n) is 10.1. The minimum atomic E-state index is 0.114. The Hall–Kier alpha value is -1.46. The summed E-state index contributed by atoms with van der Waals surface area (Å²) in [6.45, 7) is 0. The lowest BCUT2D eigenvalue weighted by Crippen LogP contribution is -2.15. The molecule has 0 fully saturated rings. The van der Waals surface area contributed by atoms with Gasteiger partial charge >= 0.3 is 0 Å². The summed E-state index contributed by atoms with van der Waals surface area (Å²) in [5.41, 5.74) is 7.68. The third-order valence-electron chi connectivity index (χ3n) is 2.58. The molecule has 19 heavy (non-hydrogen) atoms. The van der Waals surface area contributed by atoms with E-state index in [1.54, 1.807) is 11.8 Å². The third-order valence-corrected chi connectivity index (χ3v) is 4.37. The number of nitrogens with two attached hydrogens (primary N) is 1. The van der Waals surface area contributed by atoms with Crippen LogP contribution in [0.2, 0.25) is 0 Å². The van der Waals surface area contributed by atoms with Crippen molar-refractivity contribution in [3.63, 3.8) is 0 Å². The molecule has 0 aliphatic carbocycles. The molecule has 0 radical (unpaired) electrons. The van der Waals surface area contributed by atoms with Gasteiger partial charge in [0, 0.05) is 20.7 Å². The minimum Gasteiger partial charge on any atom is -0.409 e. The molecule has 0 bridgehead atoms. The maximum Gasteiger partial charge on any atom is 0.172 e.